The predicted octanol–water partition coefficient (Wildman–Crippen LogP) is 4.24. The van der Waals surface area contributed by atoms with Gasteiger partial charge in [-0.05, 0) is 43.2 Å². The molecule has 0 N–H and O–H groups in total. The minimum Gasteiger partial charge on any atom is -0.353 e. The van der Waals surface area contributed by atoms with Crippen LogP contribution in [0.4, 0.5) is 0 Å². The summed E-state index contributed by atoms with van der Waals surface area (Å²) < 4.78 is 14.8. The average Bonchev–Trinajstić information content (AvgIpc) is 3.15. The standard InChI is InChI=1S/C23H29N3O3/c1-5-17(4)20-16-24-21-14-18(9-13-26(20)21)19-8-11-25(22(27)15-19)12-10-23(28-6-2)29-7-3/h5,8-9,11,13-17,23H,1,6-7,10,12H2,2-4H3. The molecule has 0 aromatic carbocycles. The zero-order valence-corrected chi connectivity index (χ0v) is 17.4. The van der Waals surface area contributed by atoms with Crippen molar-refractivity contribution < 1.29 is 9.47 Å². The van der Waals surface area contributed by atoms with Crippen LogP contribution in [0.25, 0.3) is 16.8 Å². The molecule has 0 aliphatic carbocycles. The number of pyridine rings is 2. The maximum absolute atomic E-state index is 12.6. The molecule has 1 atom stereocenters. The minimum atomic E-state index is -0.286. The van der Waals surface area contributed by atoms with Crippen LogP contribution < -0.4 is 5.56 Å². The van der Waals surface area contributed by atoms with Gasteiger partial charge < -0.3 is 18.4 Å². The van der Waals surface area contributed by atoms with Crippen molar-refractivity contribution >= 4 is 5.65 Å². The fourth-order valence-corrected chi connectivity index (χ4v) is 3.34. The van der Waals surface area contributed by atoms with Gasteiger partial charge in [-0.25, -0.2) is 4.98 Å². The summed E-state index contributed by atoms with van der Waals surface area (Å²) >= 11 is 0. The quantitative estimate of drug-likeness (QED) is 0.381. The Bertz CT molecular complexity index is 1020. The van der Waals surface area contributed by atoms with Crippen LogP contribution in [-0.2, 0) is 16.0 Å². The van der Waals surface area contributed by atoms with Crippen LogP contribution in [0.1, 0.15) is 38.8 Å². The lowest BCUT2D eigenvalue weighted by Crippen LogP contribution is -2.24. The molecule has 0 radical (unpaired) electrons. The van der Waals surface area contributed by atoms with Crippen molar-refractivity contribution in [3.63, 3.8) is 0 Å². The molecule has 6 heteroatoms. The lowest BCUT2D eigenvalue weighted by atomic mass is 10.1. The molecular formula is C23H29N3O3. The number of imidazole rings is 1. The number of rotatable bonds is 10. The van der Waals surface area contributed by atoms with E-state index in [1.165, 1.54) is 0 Å². The maximum Gasteiger partial charge on any atom is 0.251 e. The Morgan fingerprint density at radius 3 is 2.48 bits per heavy atom. The third-order valence-corrected chi connectivity index (χ3v) is 5.00. The number of allylic oxidation sites excluding steroid dienone is 1. The number of hydrogen-bond donors (Lipinski definition) is 0. The molecule has 6 nitrogen and oxygen atoms in total. The Hall–Kier alpha value is -2.70. The van der Waals surface area contributed by atoms with Crippen molar-refractivity contribution in [2.45, 2.75) is 45.9 Å². The lowest BCUT2D eigenvalue weighted by molar-refractivity contribution is -0.141. The molecule has 0 saturated carbocycles. The molecule has 1 unspecified atom stereocenters. The zero-order valence-electron chi connectivity index (χ0n) is 17.4. The Morgan fingerprint density at radius 2 is 1.83 bits per heavy atom. The normalized spacial score (nSPS) is 12.6. The van der Waals surface area contributed by atoms with Crippen LogP contribution in [0.2, 0.25) is 0 Å². The Kier molecular flexibility index (Phi) is 7.01. The van der Waals surface area contributed by atoms with E-state index in [-0.39, 0.29) is 17.8 Å². The predicted molar refractivity (Wildman–Crippen MR) is 115 cm³/mol. The number of nitrogens with zero attached hydrogens (tertiary/aromatic N) is 3. The molecule has 0 bridgehead atoms. The molecule has 0 spiro atoms. The van der Waals surface area contributed by atoms with E-state index >= 15 is 0 Å². The lowest BCUT2D eigenvalue weighted by Gasteiger charge is -2.17. The molecule has 0 aliphatic rings. The number of hydrogen-bond acceptors (Lipinski definition) is 4. The smallest absolute Gasteiger partial charge is 0.251 e. The van der Waals surface area contributed by atoms with E-state index in [4.69, 9.17) is 9.47 Å². The summed E-state index contributed by atoms with van der Waals surface area (Å²) in [4.78, 5) is 17.1. The highest BCUT2D eigenvalue weighted by Gasteiger charge is 2.11. The van der Waals surface area contributed by atoms with Gasteiger partial charge in [-0.2, -0.15) is 0 Å². The summed E-state index contributed by atoms with van der Waals surface area (Å²) in [5.74, 6) is 0.219. The topological polar surface area (TPSA) is 57.8 Å². The molecule has 154 valence electrons. The van der Waals surface area contributed by atoms with Crippen LogP contribution in [0.3, 0.4) is 0 Å². The van der Waals surface area contributed by atoms with Gasteiger partial charge in [-0.1, -0.05) is 13.0 Å². The van der Waals surface area contributed by atoms with Gasteiger partial charge in [0.1, 0.15) is 5.65 Å². The number of aromatic nitrogens is 3. The molecule has 0 aliphatic heterocycles. The van der Waals surface area contributed by atoms with E-state index in [1.54, 1.807) is 10.6 Å². The van der Waals surface area contributed by atoms with Crippen molar-refractivity contribution in [1.82, 2.24) is 14.0 Å². The number of ether oxygens (including phenoxy) is 2. The van der Waals surface area contributed by atoms with E-state index in [0.717, 1.165) is 22.5 Å². The molecule has 0 fully saturated rings. The third-order valence-electron chi connectivity index (χ3n) is 5.00. The van der Waals surface area contributed by atoms with Gasteiger partial charge in [0.2, 0.25) is 0 Å². The van der Waals surface area contributed by atoms with Gasteiger partial charge in [0.05, 0.1) is 0 Å². The first kappa shape index (κ1) is 21.0. The second-order valence-electron chi connectivity index (χ2n) is 6.93. The van der Waals surface area contributed by atoms with Crippen molar-refractivity contribution in [3.8, 4) is 11.1 Å². The summed E-state index contributed by atoms with van der Waals surface area (Å²) in [6.07, 6.45) is 7.94. The highest BCUT2D eigenvalue weighted by molar-refractivity contribution is 5.67. The monoisotopic (exact) mass is 395 g/mol. The first-order chi connectivity index (χ1) is 14.1. The molecule has 3 aromatic rings. The fourth-order valence-electron chi connectivity index (χ4n) is 3.34. The second kappa shape index (κ2) is 9.67. The highest BCUT2D eigenvalue weighted by atomic mass is 16.7. The summed E-state index contributed by atoms with van der Waals surface area (Å²) in [5.41, 5.74) is 3.74. The summed E-state index contributed by atoms with van der Waals surface area (Å²) in [5, 5.41) is 0. The van der Waals surface area contributed by atoms with Gasteiger partial charge in [0.15, 0.2) is 6.29 Å². The SMILES string of the molecule is C=CC(C)c1cnc2cc(-c3ccn(CCC(OCC)OCC)c(=O)c3)ccn12. The Balaban J connectivity index is 1.79. The van der Waals surface area contributed by atoms with E-state index in [1.807, 2.05) is 56.7 Å². The van der Waals surface area contributed by atoms with E-state index in [9.17, 15) is 4.79 Å². The molecule has 3 rings (SSSR count). The van der Waals surface area contributed by atoms with Crippen LogP contribution >= 0.6 is 0 Å². The van der Waals surface area contributed by atoms with Crippen molar-refractivity contribution in [2.75, 3.05) is 13.2 Å². The van der Waals surface area contributed by atoms with Gasteiger partial charge in [-0.3, -0.25) is 4.79 Å². The Labute approximate surface area is 171 Å². The highest BCUT2D eigenvalue weighted by Crippen LogP contribution is 2.23. The average molecular weight is 396 g/mol. The van der Waals surface area contributed by atoms with Crippen molar-refractivity contribution in [2.24, 2.45) is 0 Å². The summed E-state index contributed by atoms with van der Waals surface area (Å²) in [7, 11) is 0. The number of fused-ring (bicyclic) bond motifs is 1. The van der Waals surface area contributed by atoms with Crippen molar-refractivity contribution in [3.05, 3.63) is 71.6 Å². The molecule has 3 aromatic heterocycles. The first-order valence-electron chi connectivity index (χ1n) is 10.1. The minimum absolute atomic E-state index is 0.0431. The van der Waals surface area contributed by atoms with Crippen LogP contribution in [0.15, 0.2) is 60.3 Å². The van der Waals surface area contributed by atoms with Crippen LogP contribution in [0, 0.1) is 0 Å². The molecular weight excluding hydrogens is 366 g/mol. The van der Waals surface area contributed by atoms with Crippen LogP contribution in [-0.4, -0.2) is 33.5 Å². The van der Waals surface area contributed by atoms with Crippen molar-refractivity contribution in [1.29, 1.82) is 0 Å². The van der Waals surface area contributed by atoms with E-state index in [2.05, 4.69) is 22.9 Å². The molecule has 0 amide bonds. The molecule has 29 heavy (non-hydrogen) atoms. The third kappa shape index (κ3) is 4.83. The Morgan fingerprint density at radius 1 is 1.14 bits per heavy atom. The maximum atomic E-state index is 12.6. The zero-order chi connectivity index (χ0) is 20.8. The molecule has 3 heterocycles. The summed E-state index contributed by atoms with van der Waals surface area (Å²) in [6, 6.07) is 7.63. The van der Waals surface area contributed by atoms with Crippen LogP contribution in [0.5, 0.6) is 0 Å². The van der Waals surface area contributed by atoms with E-state index in [0.29, 0.717) is 26.2 Å². The largest absolute Gasteiger partial charge is 0.353 e. The fraction of sp³-hybridized carbons (Fsp3) is 0.391. The van der Waals surface area contributed by atoms with Gasteiger partial charge in [0.25, 0.3) is 5.56 Å². The van der Waals surface area contributed by atoms with Gasteiger partial charge >= 0.3 is 0 Å². The van der Waals surface area contributed by atoms with Gasteiger partial charge in [-0.15, -0.1) is 6.58 Å². The number of aryl methyl sites for hydroxylation is 1. The molecule has 0 saturated heterocycles. The summed E-state index contributed by atoms with van der Waals surface area (Å²) in [6.45, 7) is 11.5. The van der Waals surface area contributed by atoms with Gasteiger partial charge in [0, 0.05) is 62.4 Å². The van der Waals surface area contributed by atoms with E-state index < -0.39 is 0 Å². The first-order valence-corrected chi connectivity index (χ1v) is 10.1. The second-order valence-corrected chi connectivity index (χ2v) is 6.93.